The van der Waals surface area contributed by atoms with Gasteiger partial charge >= 0.3 is 6.09 Å². The number of nitrogens with zero attached hydrogens (tertiary/aromatic N) is 1. The molecule has 1 unspecified atom stereocenters. The highest BCUT2D eigenvalue weighted by Gasteiger charge is 2.32. The van der Waals surface area contributed by atoms with E-state index in [2.05, 4.69) is 22.8 Å². The molecule has 1 heterocycles. The number of ether oxygens (including phenoxy) is 1. The van der Waals surface area contributed by atoms with E-state index in [1.165, 1.54) is 17.7 Å². The van der Waals surface area contributed by atoms with Crippen molar-refractivity contribution in [3.8, 4) is 0 Å². The van der Waals surface area contributed by atoms with Gasteiger partial charge in [-0.15, -0.1) is 11.3 Å². The van der Waals surface area contributed by atoms with E-state index in [9.17, 15) is 4.79 Å². The number of thiophene rings is 1. The van der Waals surface area contributed by atoms with E-state index in [1.807, 2.05) is 32.1 Å². The first-order chi connectivity index (χ1) is 10.4. The highest BCUT2D eigenvalue weighted by atomic mass is 32.1. The van der Waals surface area contributed by atoms with Crippen molar-refractivity contribution in [2.45, 2.75) is 51.7 Å². The van der Waals surface area contributed by atoms with Gasteiger partial charge in [0.2, 0.25) is 0 Å². The van der Waals surface area contributed by atoms with Crippen LogP contribution in [-0.2, 0) is 4.74 Å². The maximum atomic E-state index is 11.9. The number of hydrogen-bond donors (Lipinski definition) is 1. The molecule has 1 saturated carbocycles. The van der Waals surface area contributed by atoms with Crippen LogP contribution in [0.5, 0.6) is 0 Å². The molecule has 0 radical (unpaired) electrons. The summed E-state index contributed by atoms with van der Waals surface area (Å²) in [7, 11) is 1.80. The Morgan fingerprint density at radius 2 is 2.23 bits per heavy atom. The highest BCUT2D eigenvalue weighted by molar-refractivity contribution is 7.10. The number of amides is 1. The van der Waals surface area contributed by atoms with Crippen LogP contribution < -0.4 is 5.32 Å². The minimum absolute atomic E-state index is 0.246. The Labute approximate surface area is 137 Å². The average molecular weight is 324 g/mol. The second-order valence-corrected chi connectivity index (χ2v) is 8.02. The Hall–Kier alpha value is -1.07. The number of carbonyl (C=O) groups is 1. The molecule has 2 rings (SSSR count). The smallest absolute Gasteiger partial charge is 0.410 e. The molecule has 1 aromatic rings. The van der Waals surface area contributed by atoms with E-state index in [1.54, 1.807) is 11.9 Å². The summed E-state index contributed by atoms with van der Waals surface area (Å²) in [5, 5.41) is 5.80. The van der Waals surface area contributed by atoms with Gasteiger partial charge in [-0.05, 0) is 63.9 Å². The number of nitrogens with one attached hydrogen (secondary N) is 1. The molecule has 0 aliphatic heterocycles. The molecular weight excluding hydrogens is 296 g/mol. The van der Waals surface area contributed by atoms with Crippen molar-refractivity contribution >= 4 is 17.4 Å². The van der Waals surface area contributed by atoms with Crippen molar-refractivity contribution in [2.24, 2.45) is 5.92 Å². The summed E-state index contributed by atoms with van der Waals surface area (Å²) in [5.74, 6) is 0.794. The Morgan fingerprint density at radius 3 is 2.77 bits per heavy atom. The van der Waals surface area contributed by atoms with Gasteiger partial charge in [0.05, 0.1) is 0 Å². The normalized spacial score (nSPS) is 16.4. The zero-order chi connectivity index (χ0) is 16.2. The van der Waals surface area contributed by atoms with Crippen molar-refractivity contribution in [1.82, 2.24) is 10.2 Å². The predicted molar refractivity (Wildman–Crippen MR) is 91.3 cm³/mol. The Kier molecular flexibility index (Phi) is 5.87. The molecule has 1 aliphatic carbocycles. The van der Waals surface area contributed by atoms with E-state index in [-0.39, 0.29) is 6.09 Å². The van der Waals surface area contributed by atoms with Gasteiger partial charge in [-0.1, -0.05) is 6.07 Å². The topological polar surface area (TPSA) is 41.6 Å². The van der Waals surface area contributed by atoms with Gasteiger partial charge < -0.3 is 15.0 Å². The minimum atomic E-state index is -0.431. The van der Waals surface area contributed by atoms with E-state index >= 15 is 0 Å². The third kappa shape index (κ3) is 5.61. The minimum Gasteiger partial charge on any atom is -0.444 e. The number of rotatable bonds is 7. The summed E-state index contributed by atoms with van der Waals surface area (Å²) in [6.45, 7) is 7.31. The summed E-state index contributed by atoms with van der Waals surface area (Å²) in [6.07, 6.45) is 3.34. The van der Waals surface area contributed by atoms with Gasteiger partial charge in [-0.2, -0.15) is 0 Å². The first kappa shape index (κ1) is 17.3. The van der Waals surface area contributed by atoms with E-state index in [0.717, 1.165) is 18.9 Å². The molecule has 1 aliphatic rings. The molecule has 1 aromatic heterocycles. The average Bonchev–Trinajstić information content (AvgIpc) is 3.11. The lowest BCUT2D eigenvalue weighted by atomic mass is 10.1. The molecule has 22 heavy (non-hydrogen) atoms. The maximum Gasteiger partial charge on any atom is 0.410 e. The zero-order valence-corrected chi connectivity index (χ0v) is 14.9. The van der Waals surface area contributed by atoms with Crippen molar-refractivity contribution in [2.75, 3.05) is 20.1 Å². The monoisotopic (exact) mass is 324 g/mol. The van der Waals surface area contributed by atoms with Crippen LogP contribution in [0.4, 0.5) is 4.79 Å². The van der Waals surface area contributed by atoms with Gasteiger partial charge in [0.1, 0.15) is 5.60 Å². The van der Waals surface area contributed by atoms with Crippen molar-refractivity contribution in [3.63, 3.8) is 0 Å². The molecular formula is C17H28N2O2S. The van der Waals surface area contributed by atoms with Crippen LogP contribution in [0, 0.1) is 5.92 Å². The van der Waals surface area contributed by atoms with E-state index < -0.39 is 5.60 Å². The number of hydrogen-bond acceptors (Lipinski definition) is 4. The highest BCUT2D eigenvalue weighted by Crippen LogP contribution is 2.42. The van der Waals surface area contributed by atoms with Gasteiger partial charge in [0.15, 0.2) is 0 Å². The van der Waals surface area contributed by atoms with Gasteiger partial charge in [-0.25, -0.2) is 4.79 Å². The van der Waals surface area contributed by atoms with Crippen LogP contribution in [0.15, 0.2) is 17.5 Å². The molecule has 4 nitrogen and oxygen atoms in total. The van der Waals surface area contributed by atoms with Crippen LogP contribution >= 0.6 is 11.3 Å². The summed E-state index contributed by atoms with van der Waals surface area (Å²) in [6, 6.07) is 4.83. The molecule has 0 saturated heterocycles. The maximum absolute atomic E-state index is 11.9. The van der Waals surface area contributed by atoms with Crippen LogP contribution in [0.2, 0.25) is 0 Å². The molecule has 0 bridgehead atoms. The fraction of sp³-hybridized carbons (Fsp3) is 0.706. The van der Waals surface area contributed by atoms with Crippen LogP contribution in [0.25, 0.3) is 0 Å². The lowest BCUT2D eigenvalue weighted by Crippen LogP contribution is -2.36. The quantitative estimate of drug-likeness (QED) is 0.770. The SMILES string of the molecule is CN(CCCNC(c1cccs1)C1CC1)C(=O)OC(C)(C)C. The molecule has 1 atom stereocenters. The fourth-order valence-corrected chi connectivity index (χ4v) is 3.30. The first-order valence-corrected chi connectivity index (χ1v) is 8.95. The van der Waals surface area contributed by atoms with Crippen LogP contribution in [-0.4, -0.2) is 36.7 Å². The molecule has 1 amide bonds. The fourth-order valence-electron chi connectivity index (χ4n) is 2.40. The van der Waals surface area contributed by atoms with Crippen LogP contribution in [0.1, 0.15) is 51.0 Å². The van der Waals surface area contributed by atoms with Gasteiger partial charge in [-0.3, -0.25) is 0 Å². The summed E-state index contributed by atoms with van der Waals surface area (Å²) in [4.78, 5) is 15.0. The molecule has 1 N–H and O–H groups in total. The van der Waals surface area contributed by atoms with Crippen molar-refractivity contribution in [1.29, 1.82) is 0 Å². The van der Waals surface area contributed by atoms with Gasteiger partial charge in [0.25, 0.3) is 0 Å². The Balaban J connectivity index is 1.69. The van der Waals surface area contributed by atoms with Gasteiger partial charge in [0, 0.05) is 24.5 Å². The lowest BCUT2D eigenvalue weighted by Gasteiger charge is -2.25. The first-order valence-electron chi connectivity index (χ1n) is 8.08. The standard InChI is InChI=1S/C17H28N2O2S/c1-17(2,3)21-16(20)19(4)11-6-10-18-15(13-8-9-13)14-7-5-12-22-14/h5,7,12-13,15,18H,6,8-11H2,1-4H3. The lowest BCUT2D eigenvalue weighted by molar-refractivity contribution is 0.0297. The Morgan fingerprint density at radius 1 is 1.50 bits per heavy atom. The predicted octanol–water partition coefficient (Wildman–Crippen LogP) is 4.05. The second kappa shape index (κ2) is 7.47. The molecule has 124 valence electrons. The Bertz CT molecular complexity index is 464. The van der Waals surface area contributed by atoms with Crippen LogP contribution in [0.3, 0.4) is 0 Å². The largest absolute Gasteiger partial charge is 0.444 e. The molecule has 5 heteroatoms. The van der Waals surface area contributed by atoms with E-state index in [0.29, 0.717) is 12.6 Å². The third-order valence-corrected chi connectivity index (χ3v) is 4.64. The zero-order valence-electron chi connectivity index (χ0n) is 14.1. The third-order valence-electron chi connectivity index (χ3n) is 3.68. The second-order valence-electron chi connectivity index (χ2n) is 7.04. The molecule has 0 spiro atoms. The van der Waals surface area contributed by atoms with E-state index in [4.69, 9.17) is 4.74 Å². The molecule has 1 fully saturated rings. The van der Waals surface area contributed by atoms with Crippen molar-refractivity contribution in [3.05, 3.63) is 22.4 Å². The van der Waals surface area contributed by atoms with Crippen molar-refractivity contribution < 1.29 is 9.53 Å². The summed E-state index contributed by atoms with van der Waals surface area (Å²) >= 11 is 1.83. The summed E-state index contributed by atoms with van der Waals surface area (Å²) in [5.41, 5.74) is -0.431. The molecule has 0 aromatic carbocycles. The summed E-state index contributed by atoms with van der Waals surface area (Å²) < 4.78 is 5.35. The number of carbonyl (C=O) groups excluding carboxylic acids is 1.